The van der Waals surface area contributed by atoms with Gasteiger partial charge in [-0.3, -0.25) is 4.99 Å². The molecule has 0 saturated heterocycles. The minimum absolute atomic E-state index is 0.0590. The molecule has 0 radical (unpaired) electrons. The average Bonchev–Trinajstić information content (AvgIpc) is 2.64. The Morgan fingerprint density at radius 1 is 1.08 bits per heavy atom. The van der Waals surface area contributed by atoms with E-state index in [-0.39, 0.29) is 13.2 Å². The van der Waals surface area contributed by atoms with Crippen molar-refractivity contribution in [2.45, 2.75) is 6.42 Å². The largest absolute Gasteiger partial charge is 0.395 e. The van der Waals surface area contributed by atoms with Crippen LogP contribution in [0.2, 0.25) is 0 Å². The van der Waals surface area contributed by atoms with E-state index in [1.54, 1.807) is 12.3 Å². The molecule has 25 heavy (non-hydrogen) atoms. The Hall–Kier alpha value is -2.43. The smallest absolute Gasteiger partial charge is 0.0606 e. The first kappa shape index (κ1) is 20.6. The van der Waals surface area contributed by atoms with E-state index in [2.05, 4.69) is 18.2 Å². The molecule has 0 heterocycles. The van der Waals surface area contributed by atoms with Crippen LogP contribution in [-0.4, -0.2) is 49.3 Å². The van der Waals surface area contributed by atoms with Gasteiger partial charge in [0.05, 0.1) is 13.2 Å². The number of nitrogens with zero attached hydrogens (tertiary/aromatic N) is 2. The van der Waals surface area contributed by atoms with Crippen molar-refractivity contribution < 1.29 is 10.2 Å². The zero-order chi connectivity index (χ0) is 18.3. The summed E-state index contributed by atoms with van der Waals surface area (Å²) in [6.45, 7) is 9.35. The molecule has 0 amide bonds. The van der Waals surface area contributed by atoms with Gasteiger partial charge in [0.15, 0.2) is 0 Å². The van der Waals surface area contributed by atoms with E-state index >= 15 is 0 Å². The van der Waals surface area contributed by atoms with Crippen LogP contribution in [0.1, 0.15) is 12.0 Å². The van der Waals surface area contributed by atoms with Crippen LogP contribution in [0.5, 0.6) is 0 Å². The van der Waals surface area contributed by atoms with E-state index in [4.69, 9.17) is 10.2 Å². The number of aliphatic hydroxyl groups is 2. The van der Waals surface area contributed by atoms with Crippen LogP contribution in [0.3, 0.4) is 0 Å². The lowest BCUT2D eigenvalue weighted by Crippen LogP contribution is -2.29. The molecule has 4 heteroatoms. The minimum Gasteiger partial charge on any atom is -0.395 e. The zero-order valence-corrected chi connectivity index (χ0v) is 14.7. The summed E-state index contributed by atoms with van der Waals surface area (Å²) >= 11 is 0. The molecular weight excluding hydrogens is 312 g/mol. The molecule has 0 aromatic heterocycles. The monoisotopic (exact) mass is 340 g/mol. The van der Waals surface area contributed by atoms with Crippen LogP contribution in [0.25, 0.3) is 6.08 Å². The fourth-order valence-electron chi connectivity index (χ4n) is 2.17. The third kappa shape index (κ3) is 8.29. The lowest BCUT2D eigenvalue weighted by Gasteiger charge is -2.22. The second kappa shape index (κ2) is 12.9. The Bertz CT molecular complexity index is 595. The maximum absolute atomic E-state index is 9.10. The topological polar surface area (TPSA) is 56.1 Å². The van der Waals surface area contributed by atoms with Crippen molar-refractivity contribution in [3.8, 4) is 0 Å². The van der Waals surface area contributed by atoms with E-state index in [0.29, 0.717) is 13.1 Å². The quantitative estimate of drug-likeness (QED) is 0.266. The van der Waals surface area contributed by atoms with E-state index in [9.17, 15) is 0 Å². The van der Waals surface area contributed by atoms with Crippen molar-refractivity contribution >= 4 is 18.0 Å². The highest BCUT2D eigenvalue weighted by molar-refractivity contribution is 5.75. The van der Waals surface area contributed by atoms with E-state index in [1.165, 1.54) is 0 Å². The summed E-state index contributed by atoms with van der Waals surface area (Å²) in [4.78, 5) is 6.22. The fourth-order valence-corrected chi connectivity index (χ4v) is 2.17. The molecular formula is C21H28N2O2. The molecule has 134 valence electrons. The van der Waals surface area contributed by atoms with Gasteiger partial charge in [-0.2, -0.15) is 0 Å². The third-order valence-electron chi connectivity index (χ3n) is 3.54. The Morgan fingerprint density at radius 2 is 1.76 bits per heavy atom. The van der Waals surface area contributed by atoms with Gasteiger partial charge >= 0.3 is 0 Å². The lowest BCUT2D eigenvalue weighted by atomic mass is 10.1. The normalized spacial score (nSPS) is 12.0. The zero-order valence-electron chi connectivity index (χ0n) is 14.7. The number of aliphatic imine (C=N–C) groups is 1. The van der Waals surface area contributed by atoms with Crippen LogP contribution in [0.15, 0.2) is 72.3 Å². The number of rotatable bonds is 12. The molecule has 0 bridgehead atoms. The van der Waals surface area contributed by atoms with Crippen LogP contribution in [0, 0.1) is 0 Å². The summed E-state index contributed by atoms with van der Waals surface area (Å²) in [6, 6.07) is 7.98. The van der Waals surface area contributed by atoms with Crippen LogP contribution < -0.4 is 4.90 Å². The van der Waals surface area contributed by atoms with Crippen LogP contribution >= 0.6 is 0 Å². The first-order chi connectivity index (χ1) is 12.2. The molecule has 0 aliphatic carbocycles. The van der Waals surface area contributed by atoms with Gasteiger partial charge in [-0.1, -0.05) is 43.0 Å². The predicted octanol–water partition coefficient (Wildman–Crippen LogP) is 3.25. The maximum atomic E-state index is 9.10. The summed E-state index contributed by atoms with van der Waals surface area (Å²) in [5, 5.41) is 18.2. The second-order valence-corrected chi connectivity index (χ2v) is 5.36. The summed E-state index contributed by atoms with van der Waals surface area (Å²) in [6.07, 6.45) is 12.2. The molecule has 1 aromatic carbocycles. The summed E-state index contributed by atoms with van der Waals surface area (Å²) in [5.41, 5.74) is 3.02. The highest BCUT2D eigenvalue weighted by Gasteiger charge is 2.04. The van der Waals surface area contributed by atoms with Gasteiger partial charge in [-0.25, -0.2) is 0 Å². The highest BCUT2D eigenvalue weighted by Crippen LogP contribution is 2.16. The van der Waals surface area contributed by atoms with Crippen molar-refractivity contribution in [1.29, 1.82) is 0 Å². The van der Waals surface area contributed by atoms with Crippen molar-refractivity contribution in [2.75, 3.05) is 37.7 Å². The number of benzene rings is 1. The Balaban J connectivity index is 2.72. The van der Waals surface area contributed by atoms with Crippen molar-refractivity contribution in [3.63, 3.8) is 0 Å². The number of anilines is 1. The Labute approximate surface area is 150 Å². The molecule has 0 aliphatic rings. The predicted molar refractivity (Wildman–Crippen MR) is 108 cm³/mol. The van der Waals surface area contributed by atoms with Gasteiger partial charge in [0.2, 0.25) is 0 Å². The Kier molecular flexibility index (Phi) is 10.7. The molecule has 1 aromatic rings. The van der Waals surface area contributed by atoms with Gasteiger partial charge in [0.25, 0.3) is 0 Å². The van der Waals surface area contributed by atoms with Crippen LogP contribution in [-0.2, 0) is 0 Å². The number of hydrogen-bond acceptors (Lipinski definition) is 4. The lowest BCUT2D eigenvalue weighted by molar-refractivity contribution is 0.281. The van der Waals surface area contributed by atoms with Crippen molar-refractivity contribution in [1.82, 2.24) is 0 Å². The Morgan fingerprint density at radius 3 is 2.32 bits per heavy atom. The molecule has 4 nitrogen and oxygen atoms in total. The molecule has 1 rings (SSSR count). The SMILES string of the molecule is C=CCCN=C/C=C(C=C)/C=C/c1ccc(N(CCO)CCO)cc1. The molecule has 0 aliphatic heterocycles. The van der Waals surface area contributed by atoms with E-state index < -0.39 is 0 Å². The summed E-state index contributed by atoms with van der Waals surface area (Å²) in [7, 11) is 0. The third-order valence-corrected chi connectivity index (χ3v) is 3.54. The molecule has 0 unspecified atom stereocenters. The van der Waals surface area contributed by atoms with Crippen LogP contribution in [0.4, 0.5) is 5.69 Å². The minimum atomic E-state index is 0.0590. The summed E-state index contributed by atoms with van der Waals surface area (Å²) < 4.78 is 0. The summed E-state index contributed by atoms with van der Waals surface area (Å²) in [5.74, 6) is 0. The fraction of sp³-hybridized carbons (Fsp3) is 0.286. The molecule has 0 saturated carbocycles. The number of allylic oxidation sites excluding steroid dienone is 4. The van der Waals surface area contributed by atoms with Crippen molar-refractivity contribution in [2.24, 2.45) is 4.99 Å². The standard InChI is InChI=1S/C21H28N2O2/c1-3-5-13-22-14-12-19(4-2)6-7-20-8-10-21(11-9-20)23(15-17-24)16-18-25/h3-4,6-12,14,24-25H,1-2,5,13,15-18H2/b7-6+,19-12+,22-14?. The van der Waals surface area contributed by atoms with Gasteiger partial charge in [0.1, 0.15) is 0 Å². The first-order valence-electron chi connectivity index (χ1n) is 8.43. The highest BCUT2D eigenvalue weighted by atomic mass is 16.3. The molecule has 2 N–H and O–H groups in total. The molecule has 0 fully saturated rings. The van der Waals surface area contributed by atoms with Gasteiger partial charge < -0.3 is 15.1 Å². The number of aliphatic hydroxyl groups excluding tert-OH is 2. The van der Waals surface area contributed by atoms with Gasteiger partial charge in [-0.15, -0.1) is 6.58 Å². The van der Waals surface area contributed by atoms with Gasteiger partial charge in [0, 0.05) is 31.5 Å². The average molecular weight is 340 g/mol. The van der Waals surface area contributed by atoms with Gasteiger partial charge in [-0.05, 0) is 35.8 Å². The number of hydrogen-bond donors (Lipinski definition) is 2. The van der Waals surface area contributed by atoms with E-state index in [1.807, 2.05) is 53.5 Å². The van der Waals surface area contributed by atoms with Crippen molar-refractivity contribution in [3.05, 3.63) is 72.9 Å². The second-order valence-electron chi connectivity index (χ2n) is 5.36. The van der Waals surface area contributed by atoms with E-state index in [0.717, 1.165) is 29.8 Å². The first-order valence-corrected chi connectivity index (χ1v) is 8.43. The molecule has 0 spiro atoms. The molecule has 0 atom stereocenters. The maximum Gasteiger partial charge on any atom is 0.0606 e.